The Morgan fingerprint density at radius 3 is 2.35 bits per heavy atom. The molecule has 0 aliphatic heterocycles. The smallest absolute Gasteiger partial charge is 0.0541 e. The summed E-state index contributed by atoms with van der Waals surface area (Å²) in [5, 5.41) is 6.71. The Hall–Kier alpha value is -2.80. The molecule has 1 aromatic heterocycles. The third-order valence-corrected chi connectivity index (χ3v) is 4.95. The molecule has 0 saturated carbocycles. The van der Waals surface area contributed by atoms with Gasteiger partial charge in [0, 0.05) is 16.0 Å². The zero-order chi connectivity index (χ0) is 15.4. The summed E-state index contributed by atoms with van der Waals surface area (Å²) in [7, 11) is 0. The molecule has 3 aromatic carbocycles. The molecule has 0 spiro atoms. The molecule has 5 rings (SSSR count). The van der Waals surface area contributed by atoms with E-state index in [1.165, 1.54) is 43.5 Å². The Kier molecular flexibility index (Phi) is 2.54. The lowest BCUT2D eigenvalue weighted by molar-refractivity contribution is 1.08. The third kappa shape index (κ3) is 1.68. The predicted molar refractivity (Wildman–Crippen MR) is 98.3 cm³/mol. The Bertz CT molecular complexity index is 1190. The highest BCUT2D eigenvalue weighted by Crippen LogP contribution is 2.26. The molecule has 110 valence electrons. The Morgan fingerprint density at radius 1 is 0.739 bits per heavy atom. The van der Waals surface area contributed by atoms with E-state index in [4.69, 9.17) is 0 Å². The molecule has 0 saturated heterocycles. The summed E-state index contributed by atoms with van der Waals surface area (Å²) in [6.45, 7) is 2.18. The number of hydrogen-bond donors (Lipinski definition) is 0. The highest BCUT2D eigenvalue weighted by Gasteiger charge is 2.13. The maximum absolute atomic E-state index is 2.43. The van der Waals surface area contributed by atoms with E-state index >= 15 is 0 Å². The fraction of sp³-hybridized carbons (Fsp3) is 0.0909. The minimum Gasteiger partial charge on any atom is -0.309 e. The topological polar surface area (TPSA) is 4.93 Å². The van der Waals surface area contributed by atoms with Crippen molar-refractivity contribution in [3.8, 4) is 5.69 Å². The molecular formula is C22H17N. The number of hydrogen-bond acceptors (Lipinski definition) is 0. The molecule has 0 N–H and O–H groups in total. The molecule has 1 aliphatic rings. The Morgan fingerprint density at radius 2 is 1.48 bits per heavy atom. The molecule has 0 unspecified atom stereocenters. The number of nitrogens with zero attached hydrogens (tertiary/aromatic N) is 1. The Labute approximate surface area is 134 Å². The van der Waals surface area contributed by atoms with E-state index in [1.54, 1.807) is 0 Å². The van der Waals surface area contributed by atoms with E-state index < -0.39 is 0 Å². The summed E-state index contributed by atoms with van der Waals surface area (Å²) in [4.78, 5) is 0. The van der Waals surface area contributed by atoms with Gasteiger partial charge < -0.3 is 4.57 Å². The van der Waals surface area contributed by atoms with Crippen LogP contribution in [0.25, 0.3) is 39.5 Å². The van der Waals surface area contributed by atoms with Crippen molar-refractivity contribution in [2.75, 3.05) is 0 Å². The van der Waals surface area contributed by atoms with Crippen LogP contribution in [0.5, 0.6) is 0 Å². The molecule has 4 aromatic rings. The van der Waals surface area contributed by atoms with Crippen LogP contribution in [0.15, 0.2) is 60.7 Å². The van der Waals surface area contributed by atoms with Gasteiger partial charge in [0.05, 0.1) is 16.6 Å². The van der Waals surface area contributed by atoms with Gasteiger partial charge in [-0.3, -0.25) is 0 Å². The maximum atomic E-state index is 2.43. The molecule has 0 amide bonds. The van der Waals surface area contributed by atoms with Crippen LogP contribution < -0.4 is 10.6 Å². The fourth-order valence-electron chi connectivity index (χ4n) is 3.88. The van der Waals surface area contributed by atoms with E-state index in [1.807, 2.05) is 0 Å². The molecule has 0 bridgehead atoms. The van der Waals surface area contributed by atoms with Gasteiger partial charge in [0.2, 0.25) is 0 Å². The van der Waals surface area contributed by atoms with Crippen molar-refractivity contribution < 1.29 is 0 Å². The van der Waals surface area contributed by atoms with Crippen LogP contribution in [0.2, 0.25) is 0 Å². The zero-order valence-electron chi connectivity index (χ0n) is 13.1. The first-order valence-corrected chi connectivity index (χ1v) is 8.13. The number of aromatic nitrogens is 1. The number of fused-ring (bicyclic) bond motifs is 4. The molecule has 1 heterocycles. The second kappa shape index (κ2) is 4.60. The average molecular weight is 295 g/mol. The van der Waals surface area contributed by atoms with E-state index in [9.17, 15) is 0 Å². The lowest BCUT2D eigenvalue weighted by Crippen LogP contribution is -2.25. The van der Waals surface area contributed by atoms with Crippen molar-refractivity contribution in [2.24, 2.45) is 0 Å². The van der Waals surface area contributed by atoms with E-state index in [0.717, 1.165) is 6.42 Å². The molecule has 0 atom stereocenters. The third-order valence-electron chi connectivity index (χ3n) is 4.95. The van der Waals surface area contributed by atoms with Crippen LogP contribution >= 0.6 is 0 Å². The highest BCUT2D eigenvalue weighted by atomic mass is 15.0. The second-order valence-corrected chi connectivity index (χ2v) is 6.24. The number of rotatable bonds is 1. The van der Waals surface area contributed by atoms with Gasteiger partial charge in [0.25, 0.3) is 0 Å². The van der Waals surface area contributed by atoms with Crippen LogP contribution in [0.1, 0.15) is 12.0 Å². The van der Waals surface area contributed by atoms with Crippen LogP contribution in [0.3, 0.4) is 0 Å². The first-order chi connectivity index (χ1) is 11.3. The van der Waals surface area contributed by atoms with Crippen molar-refractivity contribution in [1.29, 1.82) is 0 Å². The largest absolute Gasteiger partial charge is 0.309 e. The van der Waals surface area contributed by atoms with Gasteiger partial charge >= 0.3 is 0 Å². The molecule has 1 heteroatoms. The van der Waals surface area contributed by atoms with Gasteiger partial charge in [-0.2, -0.15) is 0 Å². The average Bonchev–Trinajstić information content (AvgIpc) is 3.17. The highest BCUT2D eigenvalue weighted by molar-refractivity contribution is 5.95. The van der Waals surface area contributed by atoms with Crippen LogP contribution in [-0.2, 0) is 0 Å². The van der Waals surface area contributed by atoms with E-state index in [2.05, 4.69) is 84.3 Å². The molecule has 1 nitrogen and oxygen atoms in total. The van der Waals surface area contributed by atoms with Crippen molar-refractivity contribution in [3.63, 3.8) is 0 Å². The molecule has 0 fully saturated rings. The van der Waals surface area contributed by atoms with Gasteiger partial charge in [0.15, 0.2) is 0 Å². The van der Waals surface area contributed by atoms with Crippen molar-refractivity contribution in [3.05, 3.63) is 76.8 Å². The molecular weight excluding hydrogens is 278 g/mol. The van der Waals surface area contributed by atoms with E-state index in [-0.39, 0.29) is 0 Å². The number of aryl methyl sites for hydroxylation is 1. The van der Waals surface area contributed by atoms with Crippen molar-refractivity contribution in [1.82, 2.24) is 4.57 Å². The zero-order valence-corrected chi connectivity index (χ0v) is 13.1. The number of benzene rings is 3. The van der Waals surface area contributed by atoms with Crippen molar-refractivity contribution >= 4 is 33.8 Å². The summed E-state index contributed by atoms with van der Waals surface area (Å²) in [6.07, 6.45) is 5.70. The molecule has 1 aliphatic carbocycles. The lowest BCUT2D eigenvalue weighted by atomic mass is 10.0. The summed E-state index contributed by atoms with van der Waals surface area (Å²) in [5.41, 5.74) is 3.89. The van der Waals surface area contributed by atoms with Gasteiger partial charge in [-0.15, -0.1) is 0 Å². The normalized spacial score (nSPS) is 13.1. The van der Waals surface area contributed by atoms with E-state index in [0.29, 0.717) is 0 Å². The quantitative estimate of drug-likeness (QED) is 0.499. The molecule has 23 heavy (non-hydrogen) atoms. The summed E-state index contributed by atoms with van der Waals surface area (Å²) in [6, 6.07) is 21.9. The Balaban J connectivity index is 2.02. The fourth-order valence-corrected chi connectivity index (χ4v) is 3.88. The standard InChI is InChI=1S/C22H17N/c1-15-13-14-22(17-8-3-2-7-16(15)17)23-20-11-5-4-9-18(20)19-10-6-12-21(19)23/h2-5,7-14H,6H2,1H3. The van der Waals surface area contributed by atoms with Gasteiger partial charge in [0.1, 0.15) is 0 Å². The summed E-state index contributed by atoms with van der Waals surface area (Å²) < 4.78 is 2.43. The molecule has 0 radical (unpaired) electrons. The minimum atomic E-state index is 1.03. The second-order valence-electron chi connectivity index (χ2n) is 6.24. The monoisotopic (exact) mass is 295 g/mol. The number of para-hydroxylation sites is 1. The SMILES string of the molecule is Cc1ccc(-n2c3c(c4ccccc42)=CCC=3)c2ccccc12. The van der Waals surface area contributed by atoms with Gasteiger partial charge in [-0.05, 0) is 36.4 Å². The summed E-state index contributed by atoms with van der Waals surface area (Å²) in [5.74, 6) is 0. The van der Waals surface area contributed by atoms with Gasteiger partial charge in [-0.25, -0.2) is 0 Å². The predicted octanol–water partition coefficient (Wildman–Crippen LogP) is 4.06. The first-order valence-electron chi connectivity index (χ1n) is 8.13. The lowest BCUT2D eigenvalue weighted by Gasteiger charge is -2.12. The maximum Gasteiger partial charge on any atom is 0.0541 e. The van der Waals surface area contributed by atoms with Crippen LogP contribution in [0, 0.1) is 6.92 Å². The van der Waals surface area contributed by atoms with Crippen molar-refractivity contribution in [2.45, 2.75) is 13.3 Å². The van der Waals surface area contributed by atoms with Crippen LogP contribution in [0.4, 0.5) is 0 Å². The van der Waals surface area contributed by atoms with Gasteiger partial charge in [-0.1, -0.05) is 60.7 Å². The summed E-state index contributed by atoms with van der Waals surface area (Å²) >= 11 is 0. The van der Waals surface area contributed by atoms with Crippen LogP contribution in [-0.4, -0.2) is 4.57 Å². The minimum absolute atomic E-state index is 1.03. The first kappa shape index (κ1) is 12.7.